The van der Waals surface area contributed by atoms with Crippen molar-refractivity contribution in [2.45, 2.75) is 38.7 Å². The summed E-state index contributed by atoms with van der Waals surface area (Å²) in [4.78, 5) is 10.9. The van der Waals surface area contributed by atoms with Gasteiger partial charge in [0.1, 0.15) is 5.75 Å². The third kappa shape index (κ3) is 3.57. The van der Waals surface area contributed by atoms with Crippen LogP contribution in [0, 0.1) is 6.92 Å². The molecule has 2 rings (SSSR count). The predicted octanol–water partition coefficient (Wildman–Crippen LogP) is 3.15. The van der Waals surface area contributed by atoms with Crippen LogP contribution < -0.4 is 4.74 Å². The van der Waals surface area contributed by atoms with Gasteiger partial charge in [-0.3, -0.25) is 4.79 Å². The van der Waals surface area contributed by atoms with E-state index in [0.717, 1.165) is 31.3 Å². The van der Waals surface area contributed by atoms with Crippen molar-refractivity contribution in [3.8, 4) is 5.75 Å². The molecule has 0 aromatic heterocycles. The molecule has 1 aromatic carbocycles. The predicted molar refractivity (Wildman–Crippen MR) is 70.3 cm³/mol. The second-order valence-electron chi connectivity index (χ2n) is 4.78. The molecule has 1 unspecified atom stereocenters. The first kappa shape index (κ1) is 13.1. The number of aldehydes is 1. The zero-order valence-corrected chi connectivity index (χ0v) is 10.9. The number of carbonyl (C=O) groups is 1. The number of benzene rings is 1. The Kier molecular flexibility index (Phi) is 4.76. The fourth-order valence-electron chi connectivity index (χ4n) is 2.26. The van der Waals surface area contributed by atoms with Gasteiger partial charge in [-0.05, 0) is 44.7 Å². The Morgan fingerprint density at radius 3 is 3.11 bits per heavy atom. The van der Waals surface area contributed by atoms with Crippen molar-refractivity contribution in [1.29, 1.82) is 0 Å². The highest BCUT2D eigenvalue weighted by atomic mass is 16.5. The van der Waals surface area contributed by atoms with Crippen LogP contribution in [0.1, 0.15) is 41.6 Å². The molecule has 18 heavy (non-hydrogen) atoms. The first-order valence-electron chi connectivity index (χ1n) is 6.60. The molecule has 3 heteroatoms. The summed E-state index contributed by atoms with van der Waals surface area (Å²) in [6.07, 6.45) is 5.63. The van der Waals surface area contributed by atoms with Gasteiger partial charge < -0.3 is 9.47 Å². The molecule has 1 aliphatic heterocycles. The van der Waals surface area contributed by atoms with Crippen molar-refractivity contribution in [2.24, 2.45) is 0 Å². The van der Waals surface area contributed by atoms with Crippen LogP contribution in [-0.4, -0.2) is 25.6 Å². The van der Waals surface area contributed by atoms with E-state index in [1.54, 1.807) is 0 Å². The van der Waals surface area contributed by atoms with Gasteiger partial charge in [0.2, 0.25) is 0 Å². The number of aryl methyl sites for hydroxylation is 1. The van der Waals surface area contributed by atoms with E-state index in [9.17, 15) is 4.79 Å². The maximum Gasteiger partial charge on any atom is 0.153 e. The molecule has 1 saturated heterocycles. The molecule has 1 heterocycles. The quantitative estimate of drug-likeness (QED) is 0.573. The molecule has 0 N–H and O–H groups in total. The molecule has 0 radical (unpaired) electrons. The minimum absolute atomic E-state index is 0.414. The van der Waals surface area contributed by atoms with Gasteiger partial charge in [0.05, 0.1) is 18.3 Å². The second-order valence-corrected chi connectivity index (χ2v) is 4.78. The molecule has 0 amide bonds. The van der Waals surface area contributed by atoms with E-state index in [4.69, 9.17) is 9.47 Å². The van der Waals surface area contributed by atoms with E-state index in [-0.39, 0.29) is 0 Å². The summed E-state index contributed by atoms with van der Waals surface area (Å²) in [6.45, 7) is 3.51. The smallest absolute Gasteiger partial charge is 0.153 e. The molecule has 1 atom stereocenters. The zero-order chi connectivity index (χ0) is 12.8. The topological polar surface area (TPSA) is 35.5 Å². The van der Waals surface area contributed by atoms with Crippen LogP contribution in [0.3, 0.4) is 0 Å². The Labute approximate surface area is 108 Å². The van der Waals surface area contributed by atoms with Crippen LogP contribution in [-0.2, 0) is 4.74 Å². The lowest BCUT2D eigenvalue weighted by atomic mass is 10.1. The van der Waals surface area contributed by atoms with Crippen molar-refractivity contribution < 1.29 is 14.3 Å². The van der Waals surface area contributed by atoms with Gasteiger partial charge in [-0.15, -0.1) is 0 Å². The highest BCUT2D eigenvalue weighted by Gasteiger charge is 2.14. The fourth-order valence-corrected chi connectivity index (χ4v) is 2.26. The average Bonchev–Trinajstić information content (AvgIpc) is 2.89. The lowest BCUT2D eigenvalue weighted by Gasteiger charge is -2.11. The largest absolute Gasteiger partial charge is 0.493 e. The van der Waals surface area contributed by atoms with Gasteiger partial charge in [0, 0.05) is 6.61 Å². The Morgan fingerprint density at radius 1 is 1.50 bits per heavy atom. The fraction of sp³-hybridized carbons (Fsp3) is 0.533. The standard InChI is InChI=1S/C15H20O3/c1-12-6-7-15(13(10-12)11-16)18-9-3-5-14-4-2-8-17-14/h6-7,10-11,14H,2-5,8-9H2,1H3. The maximum absolute atomic E-state index is 10.9. The summed E-state index contributed by atoms with van der Waals surface area (Å²) in [6, 6.07) is 5.68. The van der Waals surface area contributed by atoms with Crippen LogP contribution >= 0.6 is 0 Å². The van der Waals surface area contributed by atoms with Crippen LogP contribution in [0.4, 0.5) is 0 Å². The molecule has 1 fully saturated rings. The molecular formula is C15H20O3. The first-order valence-corrected chi connectivity index (χ1v) is 6.60. The molecule has 0 aliphatic carbocycles. The second kappa shape index (κ2) is 6.55. The van der Waals surface area contributed by atoms with Gasteiger partial charge in [0.15, 0.2) is 6.29 Å². The van der Waals surface area contributed by atoms with Gasteiger partial charge in [0.25, 0.3) is 0 Å². The summed E-state index contributed by atoms with van der Waals surface area (Å²) < 4.78 is 11.2. The molecule has 3 nitrogen and oxygen atoms in total. The Morgan fingerprint density at radius 2 is 2.39 bits per heavy atom. The Hall–Kier alpha value is -1.35. The van der Waals surface area contributed by atoms with Crippen molar-refractivity contribution in [3.63, 3.8) is 0 Å². The van der Waals surface area contributed by atoms with Gasteiger partial charge in [-0.1, -0.05) is 11.6 Å². The highest BCUT2D eigenvalue weighted by Crippen LogP contribution is 2.20. The van der Waals surface area contributed by atoms with Gasteiger partial charge in [-0.2, -0.15) is 0 Å². The molecule has 0 saturated carbocycles. The molecule has 1 aromatic rings. The molecule has 1 aliphatic rings. The normalized spacial score (nSPS) is 18.8. The lowest BCUT2D eigenvalue weighted by Crippen LogP contribution is -2.08. The third-order valence-electron chi connectivity index (χ3n) is 3.24. The highest BCUT2D eigenvalue weighted by molar-refractivity contribution is 5.79. The van der Waals surface area contributed by atoms with E-state index in [1.165, 1.54) is 12.8 Å². The van der Waals surface area contributed by atoms with E-state index in [0.29, 0.717) is 24.0 Å². The van der Waals surface area contributed by atoms with Gasteiger partial charge in [-0.25, -0.2) is 0 Å². The molecule has 0 spiro atoms. The minimum Gasteiger partial charge on any atom is -0.493 e. The lowest BCUT2D eigenvalue weighted by molar-refractivity contribution is 0.0979. The molecule has 0 bridgehead atoms. The van der Waals surface area contributed by atoms with E-state index in [1.807, 2.05) is 25.1 Å². The third-order valence-corrected chi connectivity index (χ3v) is 3.24. The monoisotopic (exact) mass is 248 g/mol. The van der Waals surface area contributed by atoms with Crippen LogP contribution in [0.25, 0.3) is 0 Å². The van der Waals surface area contributed by atoms with Crippen LogP contribution in [0.15, 0.2) is 18.2 Å². The average molecular weight is 248 g/mol. The SMILES string of the molecule is Cc1ccc(OCCCC2CCCO2)c(C=O)c1. The number of rotatable bonds is 6. The number of hydrogen-bond acceptors (Lipinski definition) is 3. The summed E-state index contributed by atoms with van der Waals surface area (Å²) in [5.74, 6) is 0.683. The van der Waals surface area contributed by atoms with Crippen molar-refractivity contribution >= 4 is 6.29 Å². The summed E-state index contributed by atoms with van der Waals surface area (Å²) in [7, 11) is 0. The van der Waals surface area contributed by atoms with Crippen molar-refractivity contribution in [3.05, 3.63) is 29.3 Å². The molecule has 98 valence electrons. The van der Waals surface area contributed by atoms with Crippen LogP contribution in [0.5, 0.6) is 5.75 Å². The maximum atomic E-state index is 10.9. The molecular weight excluding hydrogens is 228 g/mol. The van der Waals surface area contributed by atoms with Crippen molar-refractivity contribution in [1.82, 2.24) is 0 Å². The zero-order valence-electron chi connectivity index (χ0n) is 10.9. The van der Waals surface area contributed by atoms with E-state index < -0.39 is 0 Å². The summed E-state index contributed by atoms with van der Waals surface area (Å²) in [5.41, 5.74) is 1.70. The van der Waals surface area contributed by atoms with E-state index in [2.05, 4.69) is 0 Å². The summed E-state index contributed by atoms with van der Waals surface area (Å²) >= 11 is 0. The first-order chi connectivity index (χ1) is 8.79. The van der Waals surface area contributed by atoms with Crippen molar-refractivity contribution in [2.75, 3.05) is 13.2 Å². The number of carbonyl (C=O) groups excluding carboxylic acids is 1. The van der Waals surface area contributed by atoms with E-state index >= 15 is 0 Å². The number of ether oxygens (including phenoxy) is 2. The van der Waals surface area contributed by atoms with Crippen LogP contribution in [0.2, 0.25) is 0 Å². The van der Waals surface area contributed by atoms with Gasteiger partial charge >= 0.3 is 0 Å². The Bertz CT molecular complexity index is 395. The minimum atomic E-state index is 0.414. The number of hydrogen-bond donors (Lipinski definition) is 0. The summed E-state index contributed by atoms with van der Waals surface area (Å²) in [5, 5.41) is 0. The Balaban J connectivity index is 1.77.